The number of ketones is 1. The molecule has 23 heavy (non-hydrogen) atoms. The molecule has 0 saturated heterocycles. The Morgan fingerprint density at radius 1 is 1.22 bits per heavy atom. The molecule has 4 rings (SSSR count). The summed E-state index contributed by atoms with van der Waals surface area (Å²) >= 11 is 0. The molecule has 1 fully saturated rings. The Hall–Kier alpha value is -2.56. The minimum atomic E-state index is 0.0289. The molecule has 114 valence electrons. The standard InChI is InChI=1S/C18H18BN3O/c19-13-8-6-12(7-9-13)16(23)10-22-15-3-1-2-14(11-4-5-11)17(15)21-18(22)20/h1-3,6-9,11H,4-5,10,19H2,(H2,20,21). The predicted molar refractivity (Wildman–Crippen MR) is 93.1 cm³/mol. The summed E-state index contributed by atoms with van der Waals surface area (Å²) in [7, 11) is 2.00. The van der Waals surface area contributed by atoms with E-state index in [-0.39, 0.29) is 17.9 Å². The molecule has 1 aliphatic rings. The molecule has 1 saturated carbocycles. The summed E-state index contributed by atoms with van der Waals surface area (Å²) in [6.45, 7) is 0.190. The fourth-order valence-electron chi connectivity index (χ4n) is 3.10. The van der Waals surface area contributed by atoms with Crippen molar-refractivity contribution in [3.8, 4) is 0 Å². The van der Waals surface area contributed by atoms with Gasteiger partial charge in [-0.05, 0) is 30.4 Å². The van der Waals surface area contributed by atoms with E-state index in [0.717, 1.165) is 16.5 Å². The van der Waals surface area contributed by atoms with Crippen LogP contribution in [-0.2, 0) is 6.54 Å². The van der Waals surface area contributed by atoms with Crippen LogP contribution in [0.1, 0.15) is 34.7 Å². The van der Waals surface area contributed by atoms with Crippen LogP contribution in [0.15, 0.2) is 42.5 Å². The van der Waals surface area contributed by atoms with Crippen molar-refractivity contribution < 1.29 is 4.79 Å². The molecule has 0 atom stereocenters. The highest BCUT2D eigenvalue weighted by Gasteiger charge is 2.26. The number of imidazole rings is 1. The quantitative estimate of drug-likeness (QED) is 0.556. The number of carbonyl (C=O) groups is 1. The first-order valence-electron chi connectivity index (χ1n) is 7.99. The Labute approximate surface area is 135 Å². The van der Waals surface area contributed by atoms with E-state index >= 15 is 0 Å². The fraction of sp³-hybridized carbons (Fsp3) is 0.222. The summed E-state index contributed by atoms with van der Waals surface area (Å²) in [6, 6.07) is 13.7. The molecule has 1 aromatic heterocycles. The summed E-state index contributed by atoms with van der Waals surface area (Å²) in [4.78, 5) is 15.7. The monoisotopic (exact) mass is 303 g/mol. The van der Waals surface area contributed by atoms with Crippen LogP contribution >= 0.6 is 0 Å². The van der Waals surface area contributed by atoms with Gasteiger partial charge in [0.25, 0.3) is 0 Å². The number of hydrogen-bond acceptors (Lipinski definition) is 2. The maximum atomic E-state index is 12.5. The minimum absolute atomic E-state index is 0.0289. The van der Waals surface area contributed by atoms with Crippen molar-refractivity contribution in [3.63, 3.8) is 0 Å². The second kappa shape index (κ2) is 5.27. The number of H-pyrrole nitrogens is 1. The SMILES string of the molecule is Bc1ccc(C(=O)Cn2c(=N)[nH]c3c(C4CC4)cccc32)cc1. The predicted octanol–water partition coefficient (Wildman–Crippen LogP) is 1.47. The van der Waals surface area contributed by atoms with Crippen LogP contribution < -0.4 is 11.1 Å². The summed E-state index contributed by atoms with van der Waals surface area (Å²) in [6.07, 6.45) is 2.43. The van der Waals surface area contributed by atoms with Crippen LogP contribution in [0.5, 0.6) is 0 Å². The van der Waals surface area contributed by atoms with Crippen LogP contribution in [0.4, 0.5) is 0 Å². The van der Waals surface area contributed by atoms with Crippen molar-refractivity contribution in [2.24, 2.45) is 0 Å². The largest absolute Gasteiger partial charge is 0.324 e. The molecule has 1 heterocycles. The number of fused-ring (bicyclic) bond motifs is 1. The molecule has 0 aliphatic heterocycles. The van der Waals surface area contributed by atoms with E-state index in [9.17, 15) is 4.79 Å². The van der Waals surface area contributed by atoms with Gasteiger partial charge in [-0.15, -0.1) is 0 Å². The average molecular weight is 303 g/mol. The number of rotatable bonds is 4. The first-order valence-corrected chi connectivity index (χ1v) is 7.99. The van der Waals surface area contributed by atoms with E-state index in [0.29, 0.717) is 11.5 Å². The van der Waals surface area contributed by atoms with Crippen molar-refractivity contribution in [3.05, 3.63) is 59.2 Å². The average Bonchev–Trinajstić information content (AvgIpc) is 3.33. The van der Waals surface area contributed by atoms with Crippen molar-refractivity contribution in [1.29, 1.82) is 5.41 Å². The van der Waals surface area contributed by atoms with Crippen molar-refractivity contribution >= 4 is 30.1 Å². The van der Waals surface area contributed by atoms with Crippen molar-refractivity contribution in [1.82, 2.24) is 9.55 Å². The van der Waals surface area contributed by atoms with Crippen LogP contribution in [0.25, 0.3) is 11.0 Å². The maximum Gasteiger partial charge on any atom is 0.200 e. The summed E-state index contributed by atoms with van der Waals surface area (Å²) < 4.78 is 1.77. The lowest BCUT2D eigenvalue weighted by molar-refractivity contribution is 0.0972. The molecule has 0 amide bonds. The van der Waals surface area contributed by atoms with Gasteiger partial charge in [0.15, 0.2) is 5.78 Å². The number of hydrogen-bond donors (Lipinski definition) is 2. The highest BCUT2D eigenvalue weighted by Crippen LogP contribution is 2.42. The van der Waals surface area contributed by atoms with E-state index in [1.807, 2.05) is 44.2 Å². The van der Waals surface area contributed by atoms with Gasteiger partial charge in [0.05, 0.1) is 17.6 Å². The number of nitrogens with one attached hydrogen (secondary N) is 2. The van der Waals surface area contributed by atoms with E-state index in [1.165, 1.54) is 18.4 Å². The first-order chi connectivity index (χ1) is 11.1. The van der Waals surface area contributed by atoms with Gasteiger partial charge in [-0.2, -0.15) is 0 Å². The van der Waals surface area contributed by atoms with Crippen LogP contribution in [0, 0.1) is 5.41 Å². The van der Waals surface area contributed by atoms with Gasteiger partial charge in [0.1, 0.15) is 7.85 Å². The third kappa shape index (κ3) is 2.52. The van der Waals surface area contributed by atoms with Gasteiger partial charge in [-0.3, -0.25) is 10.2 Å². The molecule has 3 aromatic rings. The number of aromatic nitrogens is 2. The lowest BCUT2D eigenvalue weighted by Gasteiger charge is -2.06. The highest BCUT2D eigenvalue weighted by molar-refractivity contribution is 6.32. The fourth-order valence-corrected chi connectivity index (χ4v) is 3.10. The number of carbonyl (C=O) groups excluding carboxylic acids is 1. The minimum Gasteiger partial charge on any atom is -0.324 e. The van der Waals surface area contributed by atoms with Crippen LogP contribution in [0.2, 0.25) is 0 Å². The van der Waals surface area contributed by atoms with E-state index < -0.39 is 0 Å². The zero-order valence-electron chi connectivity index (χ0n) is 13.1. The lowest BCUT2D eigenvalue weighted by atomic mass is 9.94. The highest BCUT2D eigenvalue weighted by atomic mass is 16.1. The molecular weight excluding hydrogens is 285 g/mol. The molecule has 1 aliphatic carbocycles. The Morgan fingerprint density at radius 3 is 2.65 bits per heavy atom. The molecule has 5 heteroatoms. The van der Waals surface area contributed by atoms with Crippen molar-refractivity contribution in [2.75, 3.05) is 0 Å². The molecule has 0 spiro atoms. The Kier molecular flexibility index (Phi) is 3.22. The van der Waals surface area contributed by atoms with Gasteiger partial charge >= 0.3 is 0 Å². The molecule has 0 bridgehead atoms. The molecule has 2 N–H and O–H groups in total. The Bertz CT molecular complexity index is 949. The Balaban J connectivity index is 1.73. The van der Waals surface area contributed by atoms with Gasteiger partial charge in [0.2, 0.25) is 5.62 Å². The smallest absolute Gasteiger partial charge is 0.200 e. The topological polar surface area (TPSA) is 61.6 Å². The number of benzene rings is 2. The molecule has 2 aromatic carbocycles. The summed E-state index contributed by atoms with van der Waals surface area (Å²) in [5, 5.41) is 8.20. The van der Waals surface area contributed by atoms with E-state index in [4.69, 9.17) is 5.41 Å². The second-order valence-corrected chi connectivity index (χ2v) is 6.36. The third-order valence-electron chi connectivity index (χ3n) is 4.57. The van der Waals surface area contributed by atoms with E-state index in [1.54, 1.807) is 4.57 Å². The first kappa shape index (κ1) is 14.1. The molecule has 0 unspecified atom stereocenters. The van der Waals surface area contributed by atoms with Crippen molar-refractivity contribution in [2.45, 2.75) is 25.3 Å². The number of nitrogens with zero attached hydrogens (tertiary/aromatic N) is 1. The van der Waals surface area contributed by atoms with Crippen LogP contribution in [0.3, 0.4) is 0 Å². The van der Waals surface area contributed by atoms with Crippen LogP contribution in [-0.4, -0.2) is 23.2 Å². The lowest BCUT2D eigenvalue weighted by Crippen LogP contribution is -2.22. The Morgan fingerprint density at radius 2 is 1.96 bits per heavy atom. The molecule has 0 radical (unpaired) electrons. The summed E-state index contributed by atoms with van der Waals surface area (Å²) in [5.41, 5.74) is 5.34. The van der Waals surface area contributed by atoms with E-state index in [2.05, 4.69) is 11.1 Å². The third-order valence-corrected chi connectivity index (χ3v) is 4.57. The van der Waals surface area contributed by atoms with Gasteiger partial charge in [0, 0.05) is 5.56 Å². The second-order valence-electron chi connectivity index (χ2n) is 6.36. The van der Waals surface area contributed by atoms with Gasteiger partial charge in [-0.1, -0.05) is 41.9 Å². The maximum absolute atomic E-state index is 12.5. The zero-order chi connectivity index (χ0) is 16.0. The number of aromatic amines is 1. The molecular formula is C18H18BN3O. The molecule has 4 nitrogen and oxygen atoms in total. The summed E-state index contributed by atoms with van der Waals surface area (Å²) in [5.74, 6) is 0.638. The van der Waals surface area contributed by atoms with Gasteiger partial charge in [-0.25, -0.2) is 0 Å². The number of para-hydroxylation sites is 1. The normalized spacial score (nSPS) is 14.3. The van der Waals surface area contributed by atoms with Gasteiger partial charge < -0.3 is 9.55 Å². The zero-order valence-corrected chi connectivity index (χ0v) is 13.1. The number of Topliss-reactive ketones (excluding diaryl/α,β-unsaturated/α-hetero) is 1.